The summed E-state index contributed by atoms with van der Waals surface area (Å²) in [5.41, 5.74) is 8.43. The van der Waals surface area contributed by atoms with E-state index < -0.39 is 6.04 Å². The minimum Gasteiger partial charge on any atom is -0.341 e. The van der Waals surface area contributed by atoms with E-state index in [0.29, 0.717) is 6.04 Å². The van der Waals surface area contributed by atoms with Crippen molar-refractivity contribution in [2.24, 2.45) is 11.7 Å². The van der Waals surface area contributed by atoms with Crippen molar-refractivity contribution in [1.29, 1.82) is 0 Å². The molecule has 1 aromatic carbocycles. The topological polar surface area (TPSA) is 64.2 Å². The molecule has 2 aromatic rings. The zero-order chi connectivity index (χ0) is 18.8. The second-order valence-corrected chi connectivity index (χ2v) is 7.96. The summed E-state index contributed by atoms with van der Waals surface area (Å²) in [6.07, 6.45) is 3.00. The zero-order valence-electron chi connectivity index (χ0n) is 16.5. The van der Waals surface area contributed by atoms with Gasteiger partial charge in [0.1, 0.15) is 5.82 Å². The number of likely N-dealkylation sites (tertiary alicyclic amines) is 1. The molecule has 1 amide bonds. The first-order valence-electron chi connectivity index (χ1n) is 9.95. The number of rotatable bonds is 5. The average Bonchev–Trinajstić information content (AvgIpc) is 3.06. The number of amides is 1. The fraction of sp³-hybridized carbons (Fsp3) is 0.619. The number of nitrogens with two attached hydrogens (primary N) is 1. The van der Waals surface area contributed by atoms with E-state index in [0.717, 1.165) is 43.7 Å². The molecule has 3 unspecified atom stereocenters. The molecule has 1 fully saturated rings. The van der Waals surface area contributed by atoms with Crippen molar-refractivity contribution in [2.45, 2.75) is 65.0 Å². The first-order chi connectivity index (χ1) is 12.4. The zero-order valence-corrected chi connectivity index (χ0v) is 16.5. The molecule has 3 rings (SSSR count). The van der Waals surface area contributed by atoms with E-state index in [4.69, 9.17) is 10.7 Å². The SMILES string of the molecule is CCC(C)C(N)C(=O)N1CCCC(c2nc3ccccc3n2C(C)C)C1. The fourth-order valence-corrected chi connectivity index (χ4v) is 3.99. The Labute approximate surface area is 156 Å². The number of carbonyl (C=O) groups is 1. The van der Waals surface area contributed by atoms with Crippen LogP contribution in [-0.2, 0) is 4.79 Å². The Morgan fingerprint density at radius 1 is 1.31 bits per heavy atom. The van der Waals surface area contributed by atoms with E-state index in [9.17, 15) is 4.79 Å². The fourth-order valence-electron chi connectivity index (χ4n) is 3.99. The van der Waals surface area contributed by atoms with Gasteiger partial charge in [0.15, 0.2) is 0 Å². The molecule has 2 heterocycles. The lowest BCUT2D eigenvalue weighted by molar-refractivity contribution is -0.135. The maximum Gasteiger partial charge on any atom is 0.239 e. The standard InChI is InChI=1S/C21H32N4O/c1-5-15(4)19(22)21(26)24-12-8-9-16(13-24)20-23-17-10-6-7-11-18(17)25(20)14(2)3/h6-7,10-11,14-16,19H,5,8-9,12-13,22H2,1-4H3. The van der Waals surface area contributed by atoms with Crippen molar-refractivity contribution >= 4 is 16.9 Å². The number of carbonyl (C=O) groups excluding carboxylic acids is 1. The number of hydrogen-bond donors (Lipinski definition) is 1. The number of benzene rings is 1. The van der Waals surface area contributed by atoms with Crippen molar-refractivity contribution in [3.8, 4) is 0 Å². The summed E-state index contributed by atoms with van der Waals surface area (Å²) in [5.74, 6) is 1.68. The third kappa shape index (κ3) is 3.50. The van der Waals surface area contributed by atoms with Crippen molar-refractivity contribution in [2.75, 3.05) is 13.1 Å². The highest BCUT2D eigenvalue weighted by Crippen LogP contribution is 2.32. The molecule has 1 saturated heterocycles. The molecule has 0 bridgehead atoms. The molecule has 2 N–H and O–H groups in total. The summed E-state index contributed by atoms with van der Waals surface area (Å²) in [6.45, 7) is 10.1. The van der Waals surface area contributed by atoms with Gasteiger partial charge in [-0.15, -0.1) is 0 Å². The highest BCUT2D eigenvalue weighted by atomic mass is 16.2. The van der Waals surface area contributed by atoms with Gasteiger partial charge in [0.05, 0.1) is 17.1 Å². The van der Waals surface area contributed by atoms with Crippen molar-refractivity contribution < 1.29 is 4.79 Å². The van der Waals surface area contributed by atoms with Gasteiger partial charge in [-0.05, 0) is 44.7 Å². The summed E-state index contributed by atoms with van der Waals surface area (Å²) in [6, 6.07) is 8.24. The van der Waals surface area contributed by atoms with E-state index in [1.165, 1.54) is 5.52 Å². The third-order valence-corrected chi connectivity index (χ3v) is 5.78. The largest absolute Gasteiger partial charge is 0.341 e. The van der Waals surface area contributed by atoms with Gasteiger partial charge >= 0.3 is 0 Å². The van der Waals surface area contributed by atoms with E-state index in [1.807, 2.05) is 11.0 Å². The predicted molar refractivity (Wildman–Crippen MR) is 106 cm³/mol. The monoisotopic (exact) mass is 356 g/mol. The van der Waals surface area contributed by atoms with Crippen LogP contribution < -0.4 is 5.73 Å². The van der Waals surface area contributed by atoms with Gasteiger partial charge < -0.3 is 15.2 Å². The van der Waals surface area contributed by atoms with Crippen LogP contribution in [0.3, 0.4) is 0 Å². The first-order valence-corrected chi connectivity index (χ1v) is 9.95. The van der Waals surface area contributed by atoms with Crippen LogP contribution in [0.15, 0.2) is 24.3 Å². The Kier molecular flexibility index (Phi) is 5.66. The maximum absolute atomic E-state index is 12.8. The molecule has 0 radical (unpaired) electrons. The molecule has 5 heteroatoms. The minimum atomic E-state index is -0.400. The second-order valence-electron chi connectivity index (χ2n) is 7.96. The molecule has 0 aliphatic carbocycles. The molecule has 3 atom stereocenters. The normalized spacial score (nSPS) is 20.5. The molecular formula is C21H32N4O. The Bertz CT molecular complexity index is 766. The van der Waals surface area contributed by atoms with Crippen molar-refractivity contribution in [3.05, 3.63) is 30.1 Å². The molecule has 1 aliphatic rings. The highest BCUT2D eigenvalue weighted by molar-refractivity contribution is 5.82. The van der Waals surface area contributed by atoms with Gasteiger partial charge in [-0.3, -0.25) is 4.79 Å². The van der Waals surface area contributed by atoms with E-state index in [1.54, 1.807) is 0 Å². The first kappa shape index (κ1) is 18.9. The molecule has 0 spiro atoms. The average molecular weight is 357 g/mol. The quantitative estimate of drug-likeness (QED) is 0.888. The summed E-state index contributed by atoms with van der Waals surface area (Å²) in [5, 5.41) is 0. The molecule has 0 saturated carbocycles. The summed E-state index contributed by atoms with van der Waals surface area (Å²) < 4.78 is 2.34. The van der Waals surface area contributed by atoms with Crippen LogP contribution in [0.2, 0.25) is 0 Å². The van der Waals surface area contributed by atoms with Gasteiger partial charge in [0.2, 0.25) is 5.91 Å². The third-order valence-electron chi connectivity index (χ3n) is 5.78. The van der Waals surface area contributed by atoms with E-state index >= 15 is 0 Å². The Morgan fingerprint density at radius 2 is 2.04 bits per heavy atom. The van der Waals surface area contributed by atoms with E-state index in [-0.39, 0.29) is 17.7 Å². The minimum absolute atomic E-state index is 0.0938. The van der Waals surface area contributed by atoms with Crippen LogP contribution >= 0.6 is 0 Å². The number of hydrogen-bond acceptors (Lipinski definition) is 3. The smallest absolute Gasteiger partial charge is 0.239 e. The van der Waals surface area contributed by atoms with Crippen LogP contribution in [0, 0.1) is 5.92 Å². The number of aromatic nitrogens is 2. The summed E-state index contributed by atoms with van der Waals surface area (Å²) in [7, 11) is 0. The molecule has 1 aliphatic heterocycles. The molecular weight excluding hydrogens is 324 g/mol. The number of para-hydroxylation sites is 2. The molecule has 5 nitrogen and oxygen atoms in total. The second kappa shape index (κ2) is 7.78. The number of piperidine rings is 1. The van der Waals surface area contributed by atoms with Gasteiger partial charge in [-0.1, -0.05) is 32.4 Å². The van der Waals surface area contributed by atoms with Crippen LogP contribution in [0.1, 0.15) is 64.7 Å². The van der Waals surface area contributed by atoms with Gasteiger partial charge in [0, 0.05) is 25.0 Å². The van der Waals surface area contributed by atoms with Crippen molar-refractivity contribution in [3.63, 3.8) is 0 Å². The molecule has 142 valence electrons. The van der Waals surface area contributed by atoms with Gasteiger partial charge in [0.25, 0.3) is 0 Å². The van der Waals surface area contributed by atoms with Crippen LogP contribution in [0.5, 0.6) is 0 Å². The molecule has 1 aromatic heterocycles. The summed E-state index contributed by atoms with van der Waals surface area (Å²) >= 11 is 0. The van der Waals surface area contributed by atoms with Crippen LogP contribution in [0.25, 0.3) is 11.0 Å². The Hall–Kier alpha value is -1.88. The molecule has 26 heavy (non-hydrogen) atoms. The number of fused-ring (bicyclic) bond motifs is 1. The van der Waals surface area contributed by atoms with Gasteiger partial charge in [-0.2, -0.15) is 0 Å². The lowest BCUT2D eigenvalue weighted by atomic mass is 9.94. The lowest BCUT2D eigenvalue weighted by Gasteiger charge is -2.35. The van der Waals surface area contributed by atoms with Crippen LogP contribution in [0.4, 0.5) is 0 Å². The lowest BCUT2D eigenvalue weighted by Crippen LogP contribution is -2.50. The Balaban J connectivity index is 1.87. The van der Waals surface area contributed by atoms with Crippen molar-refractivity contribution in [1.82, 2.24) is 14.5 Å². The summed E-state index contributed by atoms with van der Waals surface area (Å²) in [4.78, 5) is 19.7. The van der Waals surface area contributed by atoms with Crippen LogP contribution in [-0.4, -0.2) is 39.5 Å². The number of nitrogens with zero attached hydrogens (tertiary/aromatic N) is 3. The highest BCUT2D eigenvalue weighted by Gasteiger charge is 2.32. The maximum atomic E-state index is 12.8. The predicted octanol–water partition coefficient (Wildman–Crippen LogP) is 3.70. The number of imidazole rings is 1. The van der Waals surface area contributed by atoms with E-state index in [2.05, 4.69) is 50.5 Å². The Morgan fingerprint density at radius 3 is 2.73 bits per heavy atom. The van der Waals surface area contributed by atoms with Gasteiger partial charge in [-0.25, -0.2) is 4.98 Å².